The minimum Gasteiger partial charge on any atom is -0.387 e. The average Bonchev–Trinajstić information content (AvgIpc) is 2.54. The number of amides is 2. The molecular formula is C17H18F2N2O2. The van der Waals surface area contributed by atoms with Gasteiger partial charge < -0.3 is 15.7 Å². The van der Waals surface area contributed by atoms with Crippen LogP contribution in [0.1, 0.15) is 17.2 Å². The van der Waals surface area contributed by atoms with Gasteiger partial charge in [0.15, 0.2) is 0 Å². The number of nitrogens with one attached hydrogen (secondary N) is 2. The fourth-order valence-corrected chi connectivity index (χ4v) is 2.10. The van der Waals surface area contributed by atoms with Crippen molar-refractivity contribution >= 4 is 6.03 Å². The molecule has 0 spiro atoms. The molecule has 2 aromatic rings. The van der Waals surface area contributed by atoms with E-state index in [1.54, 1.807) is 24.3 Å². The summed E-state index contributed by atoms with van der Waals surface area (Å²) in [6, 6.07) is 11.4. The Labute approximate surface area is 133 Å². The van der Waals surface area contributed by atoms with Crippen molar-refractivity contribution in [3.8, 4) is 0 Å². The summed E-state index contributed by atoms with van der Waals surface area (Å²) in [7, 11) is 0. The van der Waals surface area contributed by atoms with E-state index in [1.165, 1.54) is 24.3 Å². The Kier molecular flexibility index (Phi) is 6.05. The molecule has 122 valence electrons. The highest BCUT2D eigenvalue weighted by molar-refractivity contribution is 5.73. The molecule has 0 unspecified atom stereocenters. The highest BCUT2D eigenvalue weighted by Crippen LogP contribution is 2.12. The summed E-state index contributed by atoms with van der Waals surface area (Å²) in [5, 5.41) is 14.9. The van der Waals surface area contributed by atoms with Gasteiger partial charge in [-0.3, -0.25) is 0 Å². The lowest BCUT2D eigenvalue weighted by atomic mass is 10.1. The van der Waals surface area contributed by atoms with Crippen molar-refractivity contribution in [3.05, 3.63) is 71.3 Å². The Balaban J connectivity index is 1.72. The van der Waals surface area contributed by atoms with Gasteiger partial charge in [-0.15, -0.1) is 0 Å². The number of carbonyl (C=O) groups excluding carboxylic acids is 1. The van der Waals surface area contributed by atoms with Crippen molar-refractivity contribution < 1.29 is 18.7 Å². The first-order chi connectivity index (χ1) is 11.1. The van der Waals surface area contributed by atoms with E-state index in [0.717, 1.165) is 0 Å². The second kappa shape index (κ2) is 8.24. The number of aliphatic hydroxyl groups excluding tert-OH is 1. The number of benzene rings is 2. The summed E-state index contributed by atoms with van der Waals surface area (Å²) in [4.78, 5) is 11.6. The van der Waals surface area contributed by atoms with Crippen LogP contribution in [0.3, 0.4) is 0 Å². The molecule has 4 nitrogen and oxygen atoms in total. The maximum Gasteiger partial charge on any atom is 0.314 e. The number of halogens is 2. The van der Waals surface area contributed by atoms with E-state index in [4.69, 9.17) is 0 Å². The van der Waals surface area contributed by atoms with Crippen LogP contribution in [0.25, 0.3) is 0 Å². The van der Waals surface area contributed by atoms with Crippen LogP contribution in [0.2, 0.25) is 0 Å². The molecule has 6 heteroatoms. The van der Waals surface area contributed by atoms with E-state index in [2.05, 4.69) is 10.6 Å². The van der Waals surface area contributed by atoms with Gasteiger partial charge in [0.05, 0.1) is 6.10 Å². The smallest absolute Gasteiger partial charge is 0.314 e. The van der Waals surface area contributed by atoms with Gasteiger partial charge in [0.1, 0.15) is 11.6 Å². The normalized spacial score (nSPS) is 11.8. The standard InChI is InChI=1S/C17H18F2N2O2/c18-14-6-3-5-13(10-14)16(22)11-21-17(23)20-9-8-12-4-1-2-7-15(12)19/h1-7,10,16,22H,8-9,11H2,(H2,20,21,23)/t16-/m0/s1. The molecule has 2 rings (SSSR count). The summed E-state index contributed by atoms with van der Waals surface area (Å²) < 4.78 is 26.4. The minimum atomic E-state index is -0.997. The molecular weight excluding hydrogens is 302 g/mol. The summed E-state index contributed by atoms with van der Waals surface area (Å²) >= 11 is 0. The zero-order valence-corrected chi connectivity index (χ0v) is 12.4. The lowest BCUT2D eigenvalue weighted by Gasteiger charge is -2.13. The zero-order valence-electron chi connectivity index (χ0n) is 12.4. The third-order valence-corrected chi connectivity index (χ3v) is 3.33. The van der Waals surface area contributed by atoms with Gasteiger partial charge in [-0.25, -0.2) is 13.6 Å². The third kappa shape index (κ3) is 5.34. The molecule has 0 saturated carbocycles. The van der Waals surface area contributed by atoms with Gasteiger partial charge in [0.2, 0.25) is 0 Å². The molecule has 1 atom stereocenters. The quantitative estimate of drug-likeness (QED) is 0.766. The average molecular weight is 320 g/mol. The number of hydrogen-bond acceptors (Lipinski definition) is 2. The van der Waals surface area contributed by atoms with Crippen LogP contribution in [-0.2, 0) is 6.42 Å². The SMILES string of the molecule is O=C(NCCc1ccccc1F)NC[C@H](O)c1cccc(F)c1. The second-order valence-corrected chi connectivity index (χ2v) is 5.05. The molecule has 2 amide bonds. The van der Waals surface area contributed by atoms with Crippen LogP contribution in [0.4, 0.5) is 13.6 Å². The van der Waals surface area contributed by atoms with Gasteiger partial charge in [-0.2, -0.15) is 0 Å². The molecule has 0 aliphatic carbocycles. The predicted molar refractivity (Wildman–Crippen MR) is 82.9 cm³/mol. The molecule has 23 heavy (non-hydrogen) atoms. The van der Waals surface area contributed by atoms with Gasteiger partial charge >= 0.3 is 6.03 Å². The topological polar surface area (TPSA) is 61.4 Å². The van der Waals surface area contributed by atoms with E-state index in [1.807, 2.05) is 0 Å². The molecule has 0 aliphatic heterocycles. The molecule has 0 heterocycles. The summed E-state index contributed by atoms with van der Waals surface area (Å²) in [6.45, 7) is 0.220. The van der Waals surface area contributed by atoms with Crippen LogP contribution in [0.15, 0.2) is 48.5 Å². The summed E-state index contributed by atoms with van der Waals surface area (Å²) in [6.07, 6.45) is -0.630. The fourth-order valence-electron chi connectivity index (χ4n) is 2.10. The van der Waals surface area contributed by atoms with Crippen LogP contribution in [0, 0.1) is 11.6 Å². The first-order valence-electron chi connectivity index (χ1n) is 7.25. The van der Waals surface area contributed by atoms with Crippen LogP contribution in [0.5, 0.6) is 0 Å². The second-order valence-electron chi connectivity index (χ2n) is 5.05. The van der Waals surface area contributed by atoms with E-state index in [9.17, 15) is 18.7 Å². The van der Waals surface area contributed by atoms with Gasteiger partial charge in [-0.05, 0) is 35.7 Å². The van der Waals surface area contributed by atoms with Crippen molar-refractivity contribution in [3.63, 3.8) is 0 Å². The third-order valence-electron chi connectivity index (χ3n) is 3.33. The highest BCUT2D eigenvalue weighted by Gasteiger charge is 2.10. The van der Waals surface area contributed by atoms with Crippen molar-refractivity contribution in [1.82, 2.24) is 10.6 Å². The number of carbonyl (C=O) groups is 1. The first kappa shape index (κ1) is 16.9. The lowest BCUT2D eigenvalue weighted by molar-refractivity contribution is 0.173. The molecule has 0 saturated heterocycles. The molecule has 0 bridgehead atoms. The minimum absolute atomic E-state index is 0.0466. The Morgan fingerprint density at radius 2 is 1.87 bits per heavy atom. The van der Waals surface area contributed by atoms with Crippen molar-refractivity contribution in [1.29, 1.82) is 0 Å². The Hall–Kier alpha value is -2.47. The Morgan fingerprint density at radius 1 is 1.09 bits per heavy atom. The summed E-state index contributed by atoms with van der Waals surface area (Å²) in [5.74, 6) is -0.757. The lowest BCUT2D eigenvalue weighted by Crippen LogP contribution is -2.38. The molecule has 2 aromatic carbocycles. The Morgan fingerprint density at radius 3 is 2.61 bits per heavy atom. The van der Waals surface area contributed by atoms with Gasteiger partial charge in [0.25, 0.3) is 0 Å². The van der Waals surface area contributed by atoms with Crippen LogP contribution >= 0.6 is 0 Å². The molecule has 0 radical (unpaired) electrons. The number of urea groups is 1. The summed E-state index contributed by atoms with van der Waals surface area (Å²) in [5.41, 5.74) is 0.907. The van der Waals surface area contributed by atoms with E-state index < -0.39 is 18.0 Å². The largest absolute Gasteiger partial charge is 0.387 e. The number of aliphatic hydroxyl groups is 1. The zero-order chi connectivity index (χ0) is 16.7. The first-order valence-corrected chi connectivity index (χ1v) is 7.25. The van der Waals surface area contributed by atoms with Crippen molar-refractivity contribution in [2.24, 2.45) is 0 Å². The van der Waals surface area contributed by atoms with Crippen molar-refractivity contribution in [2.45, 2.75) is 12.5 Å². The maximum absolute atomic E-state index is 13.4. The van der Waals surface area contributed by atoms with Crippen LogP contribution < -0.4 is 10.6 Å². The molecule has 0 fully saturated rings. The van der Waals surface area contributed by atoms with E-state index in [0.29, 0.717) is 17.5 Å². The predicted octanol–water partition coefficient (Wildman–Crippen LogP) is 2.54. The Bertz CT molecular complexity index is 665. The molecule has 3 N–H and O–H groups in total. The van der Waals surface area contributed by atoms with E-state index in [-0.39, 0.29) is 18.9 Å². The molecule has 0 aromatic heterocycles. The maximum atomic E-state index is 13.4. The monoisotopic (exact) mass is 320 g/mol. The van der Waals surface area contributed by atoms with Gasteiger partial charge in [0, 0.05) is 13.1 Å². The molecule has 0 aliphatic rings. The number of hydrogen-bond donors (Lipinski definition) is 3. The van der Waals surface area contributed by atoms with Gasteiger partial charge in [-0.1, -0.05) is 30.3 Å². The highest BCUT2D eigenvalue weighted by atomic mass is 19.1. The van der Waals surface area contributed by atoms with Crippen molar-refractivity contribution in [2.75, 3.05) is 13.1 Å². The van der Waals surface area contributed by atoms with E-state index >= 15 is 0 Å². The number of rotatable bonds is 6. The fraction of sp³-hybridized carbons (Fsp3) is 0.235. The van der Waals surface area contributed by atoms with Crippen LogP contribution in [-0.4, -0.2) is 24.2 Å².